The highest BCUT2D eigenvalue weighted by Gasteiger charge is 2.07. The second-order valence-corrected chi connectivity index (χ2v) is 4.06. The molecule has 0 radical (unpaired) electrons. The van der Waals surface area contributed by atoms with Crippen molar-refractivity contribution < 1.29 is 9.32 Å². The number of nitrogens with one attached hydrogen (secondary N) is 1. The molecule has 0 spiro atoms. The molecule has 0 atom stereocenters. The average molecular weight is 261 g/mol. The molecular formula is C12H11N3O2S. The van der Waals surface area contributed by atoms with Crippen LogP contribution in [0, 0.1) is 0 Å². The Morgan fingerprint density at radius 2 is 2.17 bits per heavy atom. The summed E-state index contributed by atoms with van der Waals surface area (Å²) in [5, 5.41) is 6.42. The van der Waals surface area contributed by atoms with Crippen molar-refractivity contribution in [2.45, 2.75) is 6.54 Å². The van der Waals surface area contributed by atoms with Gasteiger partial charge in [-0.25, -0.2) is 0 Å². The van der Waals surface area contributed by atoms with Crippen molar-refractivity contribution in [3.63, 3.8) is 0 Å². The van der Waals surface area contributed by atoms with Crippen LogP contribution < -0.4 is 11.1 Å². The van der Waals surface area contributed by atoms with Crippen LogP contribution in [0.4, 0.5) is 0 Å². The molecule has 92 valence electrons. The van der Waals surface area contributed by atoms with E-state index < -0.39 is 0 Å². The van der Waals surface area contributed by atoms with Gasteiger partial charge in [-0.2, -0.15) is 0 Å². The van der Waals surface area contributed by atoms with Crippen LogP contribution in [0.5, 0.6) is 0 Å². The molecule has 18 heavy (non-hydrogen) atoms. The highest BCUT2D eigenvalue weighted by molar-refractivity contribution is 7.80. The lowest BCUT2D eigenvalue weighted by molar-refractivity contribution is 0.0950. The molecule has 0 aliphatic carbocycles. The maximum atomic E-state index is 11.9. The molecule has 2 rings (SSSR count). The van der Waals surface area contributed by atoms with Crippen molar-refractivity contribution in [3.8, 4) is 0 Å². The van der Waals surface area contributed by atoms with Crippen LogP contribution in [-0.4, -0.2) is 16.1 Å². The first-order valence-electron chi connectivity index (χ1n) is 5.24. The molecule has 0 aliphatic heterocycles. The number of hydrogen-bond donors (Lipinski definition) is 2. The predicted molar refractivity (Wildman–Crippen MR) is 70.0 cm³/mol. The summed E-state index contributed by atoms with van der Waals surface area (Å²) in [5.41, 5.74) is 7.34. The van der Waals surface area contributed by atoms with Crippen LogP contribution in [0.3, 0.4) is 0 Å². The Morgan fingerprint density at radius 3 is 2.83 bits per heavy atom. The largest absolute Gasteiger partial charge is 0.389 e. The lowest BCUT2D eigenvalue weighted by Gasteiger charge is -2.04. The van der Waals surface area contributed by atoms with Gasteiger partial charge in [0.25, 0.3) is 5.91 Å². The molecule has 1 heterocycles. The fourth-order valence-corrected chi connectivity index (χ4v) is 1.54. The molecule has 1 amide bonds. The smallest absolute Gasteiger partial charge is 0.251 e. The molecule has 0 aliphatic rings. The minimum Gasteiger partial charge on any atom is -0.389 e. The molecule has 6 heteroatoms. The molecule has 3 N–H and O–H groups in total. The molecule has 5 nitrogen and oxygen atoms in total. The van der Waals surface area contributed by atoms with Gasteiger partial charge in [0.2, 0.25) is 0 Å². The van der Waals surface area contributed by atoms with Crippen molar-refractivity contribution in [2.75, 3.05) is 0 Å². The zero-order chi connectivity index (χ0) is 13.0. The van der Waals surface area contributed by atoms with Gasteiger partial charge in [-0.15, -0.1) is 0 Å². The number of carbonyl (C=O) groups excluding carboxylic acids is 1. The zero-order valence-corrected chi connectivity index (χ0v) is 10.2. The van der Waals surface area contributed by atoms with E-state index >= 15 is 0 Å². The van der Waals surface area contributed by atoms with Gasteiger partial charge in [0, 0.05) is 17.2 Å². The first-order valence-corrected chi connectivity index (χ1v) is 5.65. The van der Waals surface area contributed by atoms with Crippen molar-refractivity contribution >= 4 is 23.1 Å². The summed E-state index contributed by atoms with van der Waals surface area (Å²) >= 11 is 4.86. The zero-order valence-electron chi connectivity index (χ0n) is 9.42. The highest BCUT2D eigenvalue weighted by atomic mass is 32.1. The van der Waals surface area contributed by atoms with Gasteiger partial charge in [-0.3, -0.25) is 4.79 Å². The molecule has 0 unspecified atom stereocenters. The van der Waals surface area contributed by atoms with Crippen molar-refractivity contribution in [3.05, 3.63) is 53.4 Å². The van der Waals surface area contributed by atoms with Gasteiger partial charge in [-0.1, -0.05) is 29.5 Å². The standard InChI is InChI=1S/C12H11N3O2S/c13-11(18)8-2-1-3-9(6-8)12(16)14-7-10-4-5-17-15-10/h1-6H,7H2,(H2,13,18)(H,14,16). The quantitative estimate of drug-likeness (QED) is 0.809. The topological polar surface area (TPSA) is 81.2 Å². The molecule has 1 aromatic carbocycles. The summed E-state index contributed by atoms with van der Waals surface area (Å²) < 4.78 is 4.67. The summed E-state index contributed by atoms with van der Waals surface area (Å²) in [6.45, 7) is 0.312. The second-order valence-electron chi connectivity index (χ2n) is 3.62. The fraction of sp³-hybridized carbons (Fsp3) is 0.0833. The summed E-state index contributed by atoms with van der Waals surface area (Å²) in [6.07, 6.45) is 1.45. The number of amides is 1. The number of nitrogens with zero attached hydrogens (tertiary/aromatic N) is 1. The molecule has 0 fully saturated rings. The number of benzene rings is 1. The first kappa shape index (κ1) is 12.3. The van der Waals surface area contributed by atoms with Crippen molar-refractivity contribution in [2.24, 2.45) is 5.73 Å². The third-order valence-electron chi connectivity index (χ3n) is 2.33. The van der Waals surface area contributed by atoms with E-state index in [9.17, 15) is 4.79 Å². The van der Waals surface area contributed by atoms with Crippen LogP contribution in [0.2, 0.25) is 0 Å². The number of rotatable bonds is 4. The van der Waals surface area contributed by atoms with Crippen LogP contribution in [0.25, 0.3) is 0 Å². The van der Waals surface area contributed by atoms with E-state index in [4.69, 9.17) is 18.0 Å². The molecule has 0 saturated carbocycles. The van der Waals surface area contributed by atoms with E-state index in [-0.39, 0.29) is 10.9 Å². The van der Waals surface area contributed by atoms with Gasteiger partial charge < -0.3 is 15.6 Å². The summed E-state index contributed by atoms with van der Waals surface area (Å²) in [4.78, 5) is 12.1. The third kappa shape index (κ3) is 2.92. The minimum absolute atomic E-state index is 0.212. The van der Waals surface area contributed by atoms with Gasteiger partial charge in [0.1, 0.15) is 16.9 Å². The Bertz CT molecular complexity index is 566. The number of thiocarbonyl (C=S) groups is 1. The summed E-state index contributed by atoms with van der Waals surface area (Å²) in [5.74, 6) is -0.212. The molecular weight excluding hydrogens is 250 g/mol. The van der Waals surface area contributed by atoms with Gasteiger partial charge in [0.05, 0.1) is 6.54 Å². The lowest BCUT2D eigenvalue weighted by atomic mass is 10.1. The number of nitrogens with two attached hydrogens (primary N) is 1. The third-order valence-corrected chi connectivity index (χ3v) is 2.57. The predicted octanol–water partition coefficient (Wildman–Crippen LogP) is 1.24. The SMILES string of the molecule is NC(=S)c1cccc(C(=O)NCc2ccon2)c1. The minimum atomic E-state index is -0.212. The normalized spacial score (nSPS) is 10.0. The monoisotopic (exact) mass is 261 g/mol. The summed E-state index contributed by atoms with van der Waals surface area (Å²) in [7, 11) is 0. The number of carbonyl (C=O) groups is 1. The Balaban J connectivity index is 2.04. The van der Waals surface area contributed by atoms with E-state index in [1.54, 1.807) is 30.3 Å². The lowest BCUT2D eigenvalue weighted by Crippen LogP contribution is -2.23. The highest BCUT2D eigenvalue weighted by Crippen LogP contribution is 2.05. The molecule has 1 aromatic heterocycles. The van der Waals surface area contributed by atoms with Crippen molar-refractivity contribution in [1.82, 2.24) is 10.5 Å². The number of hydrogen-bond acceptors (Lipinski definition) is 4. The Morgan fingerprint density at radius 1 is 1.39 bits per heavy atom. The van der Waals surface area contributed by atoms with Gasteiger partial charge >= 0.3 is 0 Å². The molecule has 0 bridgehead atoms. The van der Waals surface area contributed by atoms with Crippen molar-refractivity contribution in [1.29, 1.82) is 0 Å². The van der Waals surface area contributed by atoms with Crippen LogP contribution >= 0.6 is 12.2 Å². The van der Waals surface area contributed by atoms with E-state index in [0.29, 0.717) is 23.4 Å². The Hall–Kier alpha value is -2.21. The summed E-state index contributed by atoms with van der Waals surface area (Å²) in [6, 6.07) is 8.53. The average Bonchev–Trinajstić information content (AvgIpc) is 2.89. The Kier molecular flexibility index (Phi) is 3.69. The molecule has 0 saturated heterocycles. The van der Waals surface area contributed by atoms with Crippen LogP contribution in [-0.2, 0) is 6.54 Å². The van der Waals surface area contributed by atoms with Crippen LogP contribution in [0.15, 0.2) is 41.1 Å². The maximum absolute atomic E-state index is 11.9. The Labute approximate surface area is 109 Å². The molecule has 2 aromatic rings. The van der Waals surface area contributed by atoms with Crippen LogP contribution in [0.1, 0.15) is 21.6 Å². The van der Waals surface area contributed by atoms with Gasteiger partial charge in [-0.05, 0) is 12.1 Å². The maximum Gasteiger partial charge on any atom is 0.251 e. The first-order chi connectivity index (χ1) is 8.66. The van der Waals surface area contributed by atoms with E-state index in [1.165, 1.54) is 6.26 Å². The van der Waals surface area contributed by atoms with E-state index in [2.05, 4.69) is 15.0 Å². The van der Waals surface area contributed by atoms with E-state index in [1.807, 2.05) is 0 Å². The van der Waals surface area contributed by atoms with Gasteiger partial charge in [0.15, 0.2) is 0 Å². The fourth-order valence-electron chi connectivity index (χ4n) is 1.42. The second kappa shape index (κ2) is 5.42. The van der Waals surface area contributed by atoms with E-state index in [0.717, 1.165) is 0 Å². The number of aromatic nitrogens is 1.